The molecule has 1 rings (SSSR count). The lowest BCUT2D eigenvalue weighted by Crippen LogP contribution is -1.99. The molecule has 4 heteroatoms. The van der Waals surface area contributed by atoms with E-state index in [0.29, 0.717) is 8.04 Å². The van der Waals surface area contributed by atoms with Crippen LogP contribution in [0, 0.1) is 9.39 Å². The van der Waals surface area contributed by atoms with E-state index in [4.69, 9.17) is 0 Å². The fourth-order valence-corrected chi connectivity index (χ4v) is 1.57. The molecule has 0 N–H and O–H groups in total. The van der Waals surface area contributed by atoms with E-state index >= 15 is 0 Å². The summed E-state index contributed by atoms with van der Waals surface area (Å²) in [6, 6.07) is 3.14. The molecule has 0 radical (unpaired) electrons. The van der Waals surface area contributed by atoms with Crippen LogP contribution in [0.25, 0.3) is 0 Å². The number of carbonyl (C=O) groups excluding carboxylic acids is 1. The molecule has 12 heavy (non-hydrogen) atoms. The monoisotopic (exact) mass is 342 g/mol. The summed E-state index contributed by atoms with van der Waals surface area (Å²) >= 11 is 5.02. The first kappa shape index (κ1) is 10.1. The minimum Gasteiger partial charge on any atom is -0.294 e. The summed E-state index contributed by atoms with van der Waals surface area (Å²) in [6.45, 7) is 1.35. The molecule has 0 aromatic heterocycles. The maximum absolute atomic E-state index is 13.3. The van der Waals surface area contributed by atoms with E-state index in [9.17, 15) is 9.18 Å². The zero-order valence-corrected chi connectivity index (χ0v) is 9.94. The van der Waals surface area contributed by atoms with Gasteiger partial charge in [-0.15, -0.1) is 0 Å². The minimum atomic E-state index is -0.447. The summed E-state index contributed by atoms with van der Waals surface area (Å²) in [4.78, 5) is 10.9. The number of Topliss-reactive ketones (excluding diaryl/α,β-unsaturated/α-hetero) is 1. The Morgan fingerprint density at radius 3 is 2.67 bits per heavy atom. The largest absolute Gasteiger partial charge is 0.294 e. The second-order valence-electron chi connectivity index (χ2n) is 2.28. The predicted octanol–water partition coefficient (Wildman–Crippen LogP) is 3.40. The Labute approximate surface area is 91.6 Å². The Kier molecular flexibility index (Phi) is 3.22. The third kappa shape index (κ3) is 1.85. The smallest absolute Gasteiger partial charge is 0.162 e. The zero-order chi connectivity index (χ0) is 9.30. The average molecular weight is 343 g/mol. The molecule has 0 fully saturated rings. The first-order valence-corrected chi connectivity index (χ1v) is 5.05. The first-order chi connectivity index (χ1) is 5.54. The molecular weight excluding hydrogens is 338 g/mol. The number of halogens is 3. The van der Waals surface area contributed by atoms with E-state index in [-0.39, 0.29) is 11.3 Å². The zero-order valence-electron chi connectivity index (χ0n) is 6.20. The van der Waals surface area contributed by atoms with Gasteiger partial charge in [0.25, 0.3) is 0 Å². The van der Waals surface area contributed by atoms with E-state index in [0.717, 1.165) is 0 Å². The Bertz CT molecular complexity index is 338. The van der Waals surface area contributed by atoms with Crippen LogP contribution in [0.2, 0.25) is 0 Å². The highest BCUT2D eigenvalue weighted by Crippen LogP contribution is 2.24. The van der Waals surface area contributed by atoms with Crippen molar-refractivity contribution >= 4 is 44.3 Å². The van der Waals surface area contributed by atoms with Gasteiger partial charge in [-0.1, -0.05) is 0 Å². The van der Waals surface area contributed by atoms with Crippen LogP contribution < -0.4 is 0 Å². The van der Waals surface area contributed by atoms with Crippen molar-refractivity contribution in [3.63, 3.8) is 0 Å². The van der Waals surface area contributed by atoms with E-state index in [1.807, 2.05) is 22.6 Å². The number of rotatable bonds is 1. The van der Waals surface area contributed by atoms with Gasteiger partial charge >= 0.3 is 0 Å². The Hall–Kier alpha value is 0.0300. The van der Waals surface area contributed by atoms with Crippen molar-refractivity contribution < 1.29 is 9.18 Å². The second kappa shape index (κ2) is 3.83. The summed E-state index contributed by atoms with van der Waals surface area (Å²) in [5.74, 6) is -0.699. The van der Waals surface area contributed by atoms with Crippen LogP contribution in [0.15, 0.2) is 16.6 Å². The molecule has 0 aliphatic rings. The molecule has 0 atom stereocenters. The molecule has 64 valence electrons. The van der Waals surface area contributed by atoms with Gasteiger partial charge < -0.3 is 0 Å². The van der Waals surface area contributed by atoms with Gasteiger partial charge in [0, 0.05) is 4.47 Å². The van der Waals surface area contributed by atoms with Gasteiger partial charge in [-0.2, -0.15) is 0 Å². The molecule has 0 aliphatic carbocycles. The van der Waals surface area contributed by atoms with Gasteiger partial charge in [-0.05, 0) is 57.6 Å². The third-order valence-corrected chi connectivity index (χ3v) is 3.87. The second-order valence-corrected chi connectivity index (χ2v) is 4.21. The Morgan fingerprint density at radius 2 is 2.17 bits per heavy atom. The van der Waals surface area contributed by atoms with Crippen molar-refractivity contribution in [2.45, 2.75) is 6.92 Å². The number of hydrogen-bond acceptors (Lipinski definition) is 1. The van der Waals surface area contributed by atoms with Gasteiger partial charge in [0.15, 0.2) is 5.78 Å². The van der Waals surface area contributed by atoms with Crippen LogP contribution in [0.3, 0.4) is 0 Å². The molecule has 0 unspecified atom stereocenters. The minimum absolute atomic E-state index is 0.141. The third-order valence-electron chi connectivity index (χ3n) is 1.41. The Balaban J connectivity index is 3.36. The fraction of sp³-hybridized carbons (Fsp3) is 0.125. The maximum Gasteiger partial charge on any atom is 0.162 e. The summed E-state index contributed by atoms with van der Waals surface area (Å²) in [6.07, 6.45) is 0. The van der Waals surface area contributed by atoms with Crippen LogP contribution >= 0.6 is 38.5 Å². The van der Waals surface area contributed by atoms with Crippen LogP contribution in [-0.2, 0) is 0 Å². The summed E-state index contributed by atoms with van der Waals surface area (Å²) < 4.78 is 14.4. The molecule has 1 nitrogen and oxygen atoms in total. The summed E-state index contributed by atoms with van der Waals surface area (Å²) in [5, 5.41) is 0. The van der Waals surface area contributed by atoms with Crippen molar-refractivity contribution in [2.75, 3.05) is 0 Å². The molecule has 0 aliphatic heterocycles. The number of carbonyl (C=O) groups is 1. The van der Waals surface area contributed by atoms with Crippen LogP contribution in [0.4, 0.5) is 4.39 Å². The molecule has 0 saturated carbocycles. The summed E-state index contributed by atoms with van der Waals surface area (Å²) in [7, 11) is 0. The van der Waals surface area contributed by atoms with Gasteiger partial charge in [0.1, 0.15) is 5.82 Å². The number of benzene rings is 1. The van der Waals surface area contributed by atoms with E-state index < -0.39 is 5.82 Å². The van der Waals surface area contributed by atoms with E-state index in [1.165, 1.54) is 13.0 Å². The van der Waals surface area contributed by atoms with E-state index in [2.05, 4.69) is 15.9 Å². The van der Waals surface area contributed by atoms with Gasteiger partial charge in [-0.3, -0.25) is 4.79 Å². The molecule has 1 aromatic carbocycles. The SMILES string of the molecule is CC(=O)c1ccc(Br)c(I)c1F. The lowest BCUT2D eigenvalue weighted by Gasteiger charge is -2.01. The molecule has 0 saturated heterocycles. The van der Waals surface area contributed by atoms with Crippen molar-refractivity contribution in [2.24, 2.45) is 0 Å². The highest BCUT2D eigenvalue weighted by molar-refractivity contribution is 14.1. The highest BCUT2D eigenvalue weighted by Gasteiger charge is 2.12. The average Bonchev–Trinajstić information content (AvgIpc) is 2.00. The van der Waals surface area contributed by atoms with Gasteiger partial charge in [0.2, 0.25) is 0 Å². The van der Waals surface area contributed by atoms with Crippen molar-refractivity contribution in [1.82, 2.24) is 0 Å². The molecule has 0 spiro atoms. The predicted molar refractivity (Wildman–Crippen MR) is 56.8 cm³/mol. The quantitative estimate of drug-likeness (QED) is 0.434. The molecule has 0 amide bonds. The lowest BCUT2D eigenvalue weighted by atomic mass is 10.1. The van der Waals surface area contributed by atoms with Crippen LogP contribution in [0.1, 0.15) is 17.3 Å². The molecule has 0 heterocycles. The van der Waals surface area contributed by atoms with Crippen LogP contribution in [-0.4, -0.2) is 5.78 Å². The van der Waals surface area contributed by atoms with Crippen molar-refractivity contribution in [3.8, 4) is 0 Å². The van der Waals surface area contributed by atoms with Gasteiger partial charge in [-0.25, -0.2) is 4.39 Å². The normalized spacial score (nSPS) is 10.0. The van der Waals surface area contributed by atoms with Crippen LogP contribution in [0.5, 0.6) is 0 Å². The molecule has 0 bridgehead atoms. The summed E-state index contributed by atoms with van der Waals surface area (Å²) in [5.41, 5.74) is 0.141. The Morgan fingerprint density at radius 1 is 1.58 bits per heavy atom. The maximum atomic E-state index is 13.3. The molecular formula is C8H5BrFIO. The van der Waals surface area contributed by atoms with Gasteiger partial charge in [0.05, 0.1) is 9.13 Å². The van der Waals surface area contributed by atoms with Crippen molar-refractivity contribution in [1.29, 1.82) is 0 Å². The highest BCUT2D eigenvalue weighted by atomic mass is 127. The molecule has 1 aromatic rings. The van der Waals surface area contributed by atoms with Crippen molar-refractivity contribution in [3.05, 3.63) is 31.6 Å². The van der Waals surface area contributed by atoms with E-state index in [1.54, 1.807) is 6.07 Å². The fourth-order valence-electron chi connectivity index (χ4n) is 0.798. The topological polar surface area (TPSA) is 17.1 Å². The number of ketones is 1. The first-order valence-electron chi connectivity index (χ1n) is 3.18. The lowest BCUT2D eigenvalue weighted by molar-refractivity contribution is 0.101. The number of hydrogen-bond donors (Lipinski definition) is 0. The standard InChI is InChI=1S/C8H5BrFIO/c1-4(12)5-2-3-6(9)8(11)7(5)10/h2-3H,1H3.